The monoisotopic (exact) mass is 310 g/mol. The first kappa shape index (κ1) is 17.9. The van der Waals surface area contributed by atoms with Crippen LogP contribution in [0.3, 0.4) is 0 Å². The Bertz CT molecular complexity index is 556. The van der Waals surface area contributed by atoms with Crippen LogP contribution in [0.5, 0.6) is 0 Å². The van der Waals surface area contributed by atoms with Crippen molar-refractivity contribution in [3.8, 4) is 0 Å². The van der Waals surface area contributed by atoms with Crippen LogP contribution in [0.15, 0.2) is 29.2 Å². The molecule has 0 aliphatic heterocycles. The average Bonchev–Trinajstić information content (AvgIpc) is 2.39. The Balaban J connectivity index is 2.69. The highest BCUT2D eigenvalue weighted by molar-refractivity contribution is 7.92. The van der Waals surface area contributed by atoms with E-state index in [1.165, 1.54) is 0 Å². The lowest BCUT2D eigenvalue weighted by molar-refractivity contribution is -0.119. The van der Waals surface area contributed by atoms with Crippen molar-refractivity contribution < 1.29 is 13.2 Å². The molecule has 0 saturated heterocycles. The van der Waals surface area contributed by atoms with Gasteiger partial charge >= 0.3 is 0 Å². The Kier molecular flexibility index (Phi) is 6.59. The van der Waals surface area contributed by atoms with Gasteiger partial charge in [-0.05, 0) is 50.3 Å². The van der Waals surface area contributed by atoms with Crippen LogP contribution in [-0.4, -0.2) is 19.5 Å². The summed E-state index contributed by atoms with van der Waals surface area (Å²) in [5.41, 5.74) is 1.08. The Hall–Kier alpha value is -1.16. The van der Waals surface area contributed by atoms with E-state index in [1.807, 2.05) is 19.1 Å². The molecule has 1 rings (SSSR count). The minimum Gasteiger partial charge on any atom is -0.300 e. The van der Waals surface area contributed by atoms with E-state index in [-0.39, 0.29) is 5.92 Å². The maximum Gasteiger partial charge on any atom is 0.180 e. The van der Waals surface area contributed by atoms with E-state index in [2.05, 4.69) is 6.92 Å². The molecule has 1 aromatic rings. The SMILES string of the molecule is CCCC(=O)CC(C)Cc1ccc(S(=O)(=O)C(C)C)cc1. The second kappa shape index (κ2) is 7.74. The first-order chi connectivity index (χ1) is 9.77. The molecule has 0 spiro atoms. The van der Waals surface area contributed by atoms with E-state index < -0.39 is 15.1 Å². The smallest absolute Gasteiger partial charge is 0.180 e. The van der Waals surface area contributed by atoms with Gasteiger partial charge in [0.05, 0.1) is 10.1 Å². The summed E-state index contributed by atoms with van der Waals surface area (Å²) in [5, 5.41) is -0.408. The summed E-state index contributed by atoms with van der Waals surface area (Å²) < 4.78 is 24.1. The van der Waals surface area contributed by atoms with E-state index in [9.17, 15) is 13.2 Å². The minimum atomic E-state index is -3.20. The minimum absolute atomic E-state index is 0.289. The Morgan fingerprint density at radius 3 is 2.14 bits per heavy atom. The fourth-order valence-electron chi connectivity index (χ4n) is 2.33. The second-order valence-electron chi connectivity index (χ2n) is 6.04. The molecule has 0 aliphatic carbocycles. The Morgan fingerprint density at radius 1 is 1.10 bits per heavy atom. The quantitative estimate of drug-likeness (QED) is 0.733. The van der Waals surface area contributed by atoms with Crippen LogP contribution in [-0.2, 0) is 21.1 Å². The number of Topliss-reactive ketones (excluding diaryl/α,β-unsaturated/α-hetero) is 1. The van der Waals surface area contributed by atoms with Gasteiger partial charge in [-0.2, -0.15) is 0 Å². The number of carbonyl (C=O) groups excluding carboxylic acids is 1. The maximum absolute atomic E-state index is 12.0. The summed E-state index contributed by atoms with van der Waals surface area (Å²) in [6, 6.07) is 7.06. The molecule has 0 aliphatic rings. The average molecular weight is 310 g/mol. The van der Waals surface area contributed by atoms with E-state index in [0.29, 0.717) is 23.5 Å². The number of hydrogen-bond acceptors (Lipinski definition) is 3. The molecule has 0 radical (unpaired) electrons. The number of rotatable bonds is 8. The van der Waals surface area contributed by atoms with Crippen LogP contribution in [0, 0.1) is 5.92 Å². The van der Waals surface area contributed by atoms with E-state index >= 15 is 0 Å². The van der Waals surface area contributed by atoms with Gasteiger partial charge < -0.3 is 0 Å². The summed E-state index contributed by atoms with van der Waals surface area (Å²) in [6.45, 7) is 7.44. The highest BCUT2D eigenvalue weighted by atomic mass is 32.2. The number of benzene rings is 1. The molecule has 0 N–H and O–H groups in total. The molecule has 1 atom stereocenters. The van der Waals surface area contributed by atoms with Crippen LogP contribution >= 0.6 is 0 Å². The van der Waals surface area contributed by atoms with Crippen LogP contribution < -0.4 is 0 Å². The lowest BCUT2D eigenvalue weighted by Gasteiger charge is -2.12. The van der Waals surface area contributed by atoms with Crippen molar-refractivity contribution >= 4 is 15.6 Å². The zero-order valence-corrected chi connectivity index (χ0v) is 14.2. The van der Waals surface area contributed by atoms with Gasteiger partial charge in [-0.15, -0.1) is 0 Å². The summed E-state index contributed by atoms with van der Waals surface area (Å²) in [5.74, 6) is 0.598. The molecule has 4 heteroatoms. The van der Waals surface area contributed by atoms with E-state index in [0.717, 1.165) is 18.4 Å². The van der Waals surface area contributed by atoms with Crippen LogP contribution in [0.4, 0.5) is 0 Å². The number of hydrogen-bond donors (Lipinski definition) is 0. The Morgan fingerprint density at radius 2 is 1.67 bits per heavy atom. The number of ketones is 1. The maximum atomic E-state index is 12.0. The van der Waals surface area contributed by atoms with Crippen molar-refractivity contribution in [3.05, 3.63) is 29.8 Å². The molecule has 3 nitrogen and oxygen atoms in total. The van der Waals surface area contributed by atoms with Crippen molar-refractivity contribution in [1.82, 2.24) is 0 Å². The molecule has 0 aromatic heterocycles. The second-order valence-corrected chi connectivity index (χ2v) is 8.54. The van der Waals surface area contributed by atoms with Crippen LogP contribution in [0.1, 0.15) is 52.5 Å². The first-order valence-corrected chi connectivity index (χ1v) is 9.16. The van der Waals surface area contributed by atoms with Crippen molar-refractivity contribution in [2.45, 2.75) is 63.5 Å². The van der Waals surface area contributed by atoms with Gasteiger partial charge in [0, 0.05) is 12.8 Å². The largest absolute Gasteiger partial charge is 0.300 e. The third-order valence-corrected chi connectivity index (χ3v) is 5.73. The predicted molar refractivity (Wildman–Crippen MR) is 86.2 cm³/mol. The van der Waals surface area contributed by atoms with Gasteiger partial charge in [0.2, 0.25) is 0 Å². The van der Waals surface area contributed by atoms with Crippen molar-refractivity contribution in [3.63, 3.8) is 0 Å². The van der Waals surface area contributed by atoms with Gasteiger partial charge in [0.25, 0.3) is 0 Å². The molecule has 118 valence electrons. The standard InChI is InChI=1S/C17H26O3S/c1-5-6-16(18)12-14(4)11-15-7-9-17(10-8-15)21(19,20)13(2)3/h7-10,13-14H,5-6,11-12H2,1-4H3. The lowest BCUT2D eigenvalue weighted by atomic mass is 9.95. The third kappa shape index (κ3) is 5.27. The zero-order valence-electron chi connectivity index (χ0n) is 13.4. The van der Waals surface area contributed by atoms with Crippen molar-refractivity contribution in [2.75, 3.05) is 0 Å². The van der Waals surface area contributed by atoms with Gasteiger partial charge in [-0.1, -0.05) is 26.0 Å². The molecule has 0 amide bonds. The molecule has 0 heterocycles. The molecule has 0 fully saturated rings. The van der Waals surface area contributed by atoms with Crippen molar-refractivity contribution in [2.24, 2.45) is 5.92 Å². The lowest BCUT2D eigenvalue weighted by Crippen LogP contribution is -2.14. The Labute approximate surface area is 128 Å². The molecular formula is C17H26O3S. The topological polar surface area (TPSA) is 51.2 Å². The molecule has 1 unspecified atom stereocenters. The zero-order chi connectivity index (χ0) is 16.0. The highest BCUT2D eigenvalue weighted by Gasteiger charge is 2.18. The van der Waals surface area contributed by atoms with Gasteiger partial charge in [0.1, 0.15) is 5.78 Å². The molecule has 0 saturated carbocycles. The van der Waals surface area contributed by atoms with Crippen molar-refractivity contribution in [1.29, 1.82) is 0 Å². The molecular weight excluding hydrogens is 284 g/mol. The fourth-order valence-corrected chi connectivity index (χ4v) is 3.39. The summed E-state index contributed by atoms with van der Waals surface area (Å²) in [7, 11) is -3.20. The molecule has 1 aromatic carbocycles. The van der Waals surface area contributed by atoms with E-state index in [4.69, 9.17) is 0 Å². The number of sulfone groups is 1. The summed E-state index contributed by atoms with van der Waals surface area (Å²) in [6.07, 6.45) is 2.95. The highest BCUT2D eigenvalue weighted by Crippen LogP contribution is 2.19. The fraction of sp³-hybridized carbons (Fsp3) is 0.588. The third-order valence-electron chi connectivity index (χ3n) is 3.56. The normalized spacial score (nSPS) is 13.4. The molecule has 21 heavy (non-hydrogen) atoms. The van der Waals surface area contributed by atoms with Gasteiger partial charge in [-0.25, -0.2) is 8.42 Å². The predicted octanol–water partition coefficient (Wildman–Crippen LogP) is 3.81. The van der Waals surface area contributed by atoms with Crippen LogP contribution in [0.2, 0.25) is 0 Å². The van der Waals surface area contributed by atoms with Gasteiger partial charge in [0.15, 0.2) is 9.84 Å². The first-order valence-electron chi connectivity index (χ1n) is 7.61. The van der Waals surface area contributed by atoms with Gasteiger partial charge in [-0.3, -0.25) is 4.79 Å². The summed E-state index contributed by atoms with van der Waals surface area (Å²) >= 11 is 0. The van der Waals surface area contributed by atoms with E-state index in [1.54, 1.807) is 26.0 Å². The van der Waals surface area contributed by atoms with Crippen LogP contribution in [0.25, 0.3) is 0 Å². The number of carbonyl (C=O) groups is 1. The summed E-state index contributed by atoms with van der Waals surface area (Å²) in [4.78, 5) is 12.0. The molecule has 0 bridgehead atoms.